The van der Waals surface area contributed by atoms with Gasteiger partial charge in [-0.15, -0.1) is 0 Å². The van der Waals surface area contributed by atoms with Crippen molar-refractivity contribution in [3.63, 3.8) is 0 Å². The lowest BCUT2D eigenvalue weighted by molar-refractivity contribution is -0.119. The van der Waals surface area contributed by atoms with Crippen LogP contribution in [0.3, 0.4) is 0 Å². The van der Waals surface area contributed by atoms with Gasteiger partial charge in [0, 0.05) is 24.9 Å². The highest BCUT2D eigenvalue weighted by molar-refractivity contribution is 6.32. The Morgan fingerprint density at radius 3 is 3.00 bits per heavy atom. The summed E-state index contributed by atoms with van der Waals surface area (Å²) in [4.78, 5) is 11.3. The van der Waals surface area contributed by atoms with Crippen LogP contribution in [0.5, 0.6) is 5.75 Å². The fourth-order valence-electron chi connectivity index (χ4n) is 2.33. The number of halogens is 1. The molecule has 1 amide bonds. The zero-order valence-corrected chi connectivity index (χ0v) is 12.0. The Balaban J connectivity index is 2.42. The van der Waals surface area contributed by atoms with Crippen molar-refractivity contribution in [2.24, 2.45) is 5.73 Å². The second kappa shape index (κ2) is 5.80. The first-order chi connectivity index (χ1) is 9.02. The molecule has 1 aromatic carbocycles. The van der Waals surface area contributed by atoms with Gasteiger partial charge in [0.2, 0.25) is 5.91 Å². The molecule has 2 unspecified atom stereocenters. The topological polar surface area (TPSA) is 64.3 Å². The van der Waals surface area contributed by atoms with Crippen LogP contribution in [0.2, 0.25) is 5.02 Å². The van der Waals surface area contributed by atoms with Crippen LogP contribution in [0.15, 0.2) is 12.1 Å². The van der Waals surface area contributed by atoms with Crippen LogP contribution in [-0.2, 0) is 4.79 Å². The average molecular weight is 283 g/mol. The van der Waals surface area contributed by atoms with E-state index in [9.17, 15) is 4.79 Å². The van der Waals surface area contributed by atoms with Gasteiger partial charge in [-0.3, -0.25) is 4.79 Å². The van der Waals surface area contributed by atoms with Gasteiger partial charge in [-0.05, 0) is 24.1 Å². The quantitative estimate of drug-likeness (QED) is 0.896. The highest BCUT2D eigenvalue weighted by Crippen LogP contribution is 2.39. The SMILES string of the molecule is CCC(N)c1cc(Cl)c2c(c1)C(NC(C)=O)CCO2. The standard InChI is InChI=1S/C14H19ClN2O2/c1-3-12(16)9-6-10-13(17-8(2)18)4-5-19-14(10)11(15)7-9/h6-7,12-13H,3-5,16H2,1-2H3,(H,17,18). The molecule has 0 aromatic heterocycles. The summed E-state index contributed by atoms with van der Waals surface area (Å²) in [5.41, 5.74) is 7.96. The van der Waals surface area contributed by atoms with Crippen LogP contribution in [0.1, 0.15) is 49.9 Å². The molecule has 19 heavy (non-hydrogen) atoms. The third-order valence-electron chi connectivity index (χ3n) is 3.37. The lowest BCUT2D eigenvalue weighted by Crippen LogP contribution is -2.30. The second-order valence-corrected chi connectivity index (χ2v) is 5.23. The van der Waals surface area contributed by atoms with Gasteiger partial charge in [0.25, 0.3) is 0 Å². The van der Waals surface area contributed by atoms with E-state index >= 15 is 0 Å². The summed E-state index contributed by atoms with van der Waals surface area (Å²) >= 11 is 6.26. The molecule has 0 fully saturated rings. The molecule has 0 spiro atoms. The number of fused-ring (bicyclic) bond motifs is 1. The van der Waals surface area contributed by atoms with Gasteiger partial charge >= 0.3 is 0 Å². The number of carbonyl (C=O) groups is 1. The van der Waals surface area contributed by atoms with E-state index in [4.69, 9.17) is 22.1 Å². The minimum Gasteiger partial charge on any atom is -0.492 e. The number of benzene rings is 1. The van der Waals surface area contributed by atoms with Crippen molar-refractivity contribution in [1.29, 1.82) is 0 Å². The van der Waals surface area contributed by atoms with Crippen molar-refractivity contribution in [3.8, 4) is 5.75 Å². The number of carbonyl (C=O) groups excluding carboxylic acids is 1. The summed E-state index contributed by atoms with van der Waals surface area (Å²) in [7, 11) is 0. The molecule has 2 rings (SSSR count). The summed E-state index contributed by atoms with van der Waals surface area (Å²) in [6.45, 7) is 4.09. The minimum absolute atomic E-state index is 0.0530. The number of rotatable bonds is 3. The van der Waals surface area contributed by atoms with E-state index in [2.05, 4.69) is 5.32 Å². The zero-order chi connectivity index (χ0) is 14.0. The fourth-order valence-corrected chi connectivity index (χ4v) is 2.62. The van der Waals surface area contributed by atoms with Crippen molar-refractivity contribution in [2.75, 3.05) is 6.61 Å². The van der Waals surface area contributed by atoms with Crippen LogP contribution in [0.25, 0.3) is 0 Å². The van der Waals surface area contributed by atoms with Crippen molar-refractivity contribution in [1.82, 2.24) is 5.32 Å². The van der Waals surface area contributed by atoms with Crippen molar-refractivity contribution in [2.45, 2.75) is 38.8 Å². The lowest BCUT2D eigenvalue weighted by atomic mass is 9.95. The predicted molar refractivity (Wildman–Crippen MR) is 75.3 cm³/mol. The van der Waals surface area contributed by atoms with E-state index < -0.39 is 0 Å². The molecule has 0 saturated heterocycles. The second-order valence-electron chi connectivity index (χ2n) is 4.83. The molecule has 1 heterocycles. The maximum atomic E-state index is 11.3. The van der Waals surface area contributed by atoms with E-state index in [1.54, 1.807) is 0 Å². The number of amides is 1. The van der Waals surface area contributed by atoms with Gasteiger partial charge in [-0.1, -0.05) is 18.5 Å². The third-order valence-corrected chi connectivity index (χ3v) is 3.65. The number of hydrogen-bond acceptors (Lipinski definition) is 3. The lowest BCUT2D eigenvalue weighted by Gasteiger charge is -2.28. The number of ether oxygens (including phenoxy) is 1. The molecule has 104 valence electrons. The Bertz CT molecular complexity index is 491. The molecule has 2 atom stereocenters. The molecule has 1 aliphatic rings. The van der Waals surface area contributed by atoms with Crippen LogP contribution in [0, 0.1) is 0 Å². The summed E-state index contributed by atoms with van der Waals surface area (Å²) in [6.07, 6.45) is 1.58. The zero-order valence-electron chi connectivity index (χ0n) is 11.2. The maximum absolute atomic E-state index is 11.3. The normalized spacial score (nSPS) is 19.3. The number of hydrogen-bond donors (Lipinski definition) is 2. The van der Waals surface area contributed by atoms with Crippen LogP contribution < -0.4 is 15.8 Å². The summed E-state index contributed by atoms with van der Waals surface area (Å²) in [6, 6.07) is 3.74. The van der Waals surface area contributed by atoms with Gasteiger partial charge in [-0.25, -0.2) is 0 Å². The van der Waals surface area contributed by atoms with E-state index in [0.29, 0.717) is 17.4 Å². The minimum atomic E-state index is -0.0563. The predicted octanol–water partition coefficient (Wildman–Crippen LogP) is 2.71. The summed E-state index contributed by atoms with van der Waals surface area (Å²) in [5, 5.41) is 3.49. The molecule has 0 radical (unpaired) electrons. The average Bonchev–Trinajstić information content (AvgIpc) is 2.38. The summed E-state index contributed by atoms with van der Waals surface area (Å²) < 4.78 is 5.61. The van der Waals surface area contributed by atoms with Crippen LogP contribution >= 0.6 is 11.6 Å². The van der Waals surface area contributed by atoms with Crippen molar-refractivity contribution in [3.05, 3.63) is 28.3 Å². The maximum Gasteiger partial charge on any atom is 0.217 e. The first-order valence-electron chi connectivity index (χ1n) is 6.51. The molecule has 1 aromatic rings. The van der Waals surface area contributed by atoms with E-state index in [1.807, 2.05) is 19.1 Å². The van der Waals surface area contributed by atoms with E-state index in [1.165, 1.54) is 6.92 Å². The Labute approximate surface area is 118 Å². The highest BCUT2D eigenvalue weighted by atomic mass is 35.5. The third kappa shape index (κ3) is 3.01. The Hall–Kier alpha value is -1.26. The smallest absolute Gasteiger partial charge is 0.217 e. The molecule has 0 bridgehead atoms. The number of nitrogens with two attached hydrogens (primary N) is 1. The molecule has 5 heteroatoms. The fraction of sp³-hybridized carbons (Fsp3) is 0.500. The molecular weight excluding hydrogens is 264 g/mol. The molecule has 3 N–H and O–H groups in total. The van der Waals surface area contributed by atoms with Gasteiger partial charge in [-0.2, -0.15) is 0 Å². The van der Waals surface area contributed by atoms with Gasteiger partial charge < -0.3 is 15.8 Å². The van der Waals surface area contributed by atoms with E-state index in [0.717, 1.165) is 24.0 Å². The first kappa shape index (κ1) is 14.2. The summed E-state index contributed by atoms with van der Waals surface area (Å²) in [5.74, 6) is 0.609. The van der Waals surface area contributed by atoms with Crippen molar-refractivity contribution >= 4 is 17.5 Å². The Morgan fingerprint density at radius 2 is 2.37 bits per heavy atom. The molecule has 4 nitrogen and oxygen atoms in total. The van der Waals surface area contributed by atoms with Gasteiger partial charge in [0.1, 0.15) is 5.75 Å². The Morgan fingerprint density at radius 1 is 1.63 bits per heavy atom. The number of nitrogens with one attached hydrogen (secondary N) is 1. The van der Waals surface area contributed by atoms with Crippen molar-refractivity contribution < 1.29 is 9.53 Å². The Kier molecular flexibility index (Phi) is 4.32. The van der Waals surface area contributed by atoms with Crippen LogP contribution in [0.4, 0.5) is 0 Å². The highest BCUT2D eigenvalue weighted by Gasteiger charge is 2.25. The van der Waals surface area contributed by atoms with Gasteiger partial charge in [0.15, 0.2) is 0 Å². The molecular formula is C14H19ClN2O2. The first-order valence-corrected chi connectivity index (χ1v) is 6.89. The molecule has 1 aliphatic heterocycles. The van der Waals surface area contributed by atoms with E-state index in [-0.39, 0.29) is 18.0 Å². The van der Waals surface area contributed by atoms with Crippen LogP contribution in [-0.4, -0.2) is 12.5 Å². The largest absolute Gasteiger partial charge is 0.492 e. The molecule has 0 aliphatic carbocycles. The molecule has 0 saturated carbocycles. The van der Waals surface area contributed by atoms with Gasteiger partial charge in [0.05, 0.1) is 17.7 Å². The monoisotopic (exact) mass is 282 g/mol.